The number of benzene rings is 2. The highest BCUT2D eigenvalue weighted by Crippen LogP contribution is 2.29. The molecule has 4 rings (SSSR count). The third kappa shape index (κ3) is 9.56. The van der Waals surface area contributed by atoms with E-state index in [-0.39, 0.29) is 53.6 Å². The average Bonchev–Trinajstić information content (AvgIpc) is 3.41. The molecule has 1 aliphatic rings. The average molecular weight is 704 g/mol. The number of carbonyl (C=O) groups excluding carboxylic acids is 2. The first-order valence-corrected chi connectivity index (χ1v) is 17.7. The maximum Gasteiger partial charge on any atom is 0.323 e. The number of urea groups is 1. The first-order valence-electron chi connectivity index (χ1n) is 16.3. The number of hydrogen-bond donors (Lipinski definition) is 3. The summed E-state index contributed by atoms with van der Waals surface area (Å²) < 4.78 is 59.3. The van der Waals surface area contributed by atoms with E-state index >= 15 is 0 Å². The molecule has 2 heterocycles. The fraction of sp³-hybridized carbons (Fsp3) is 0.500. The zero-order valence-electron chi connectivity index (χ0n) is 28.7. The standard InChI is InChI=1S/C34H46FN5O8S/c1-21-18-40(22(2)20-41)33(42)29-17-28(37-34(43)36-27-12-10-26(35)11-13-27)14-15-30(29)47-23(3)9-7-8-16-46-31(21)19-39(6)49(44,45)32-24(4)38-48-25(32)5/h10-15,17,21-23,31,41H,7-9,16,18-20H2,1-6H3,(H2,36,37,43)/t21-,22-,23+,31-/m0/s1. The minimum atomic E-state index is -3.97. The molecule has 0 fully saturated rings. The Balaban J connectivity index is 1.63. The zero-order valence-corrected chi connectivity index (χ0v) is 29.5. The van der Waals surface area contributed by atoms with Gasteiger partial charge in [-0.1, -0.05) is 12.1 Å². The van der Waals surface area contributed by atoms with Gasteiger partial charge in [0.2, 0.25) is 10.0 Å². The fourth-order valence-electron chi connectivity index (χ4n) is 5.64. The summed E-state index contributed by atoms with van der Waals surface area (Å²) in [6, 6.07) is 8.82. The number of likely N-dealkylation sites (N-methyl/N-ethyl adjacent to an activating group) is 1. The van der Waals surface area contributed by atoms with Crippen LogP contribution in [0.2, 0.25) is 0 Å². The summed E-state index contributed by atoms with van der Waals surface area (Å²) in [4.78, 5) is 28.6. The van der Waals surface area contributed by atoms with E-state index in [0.29, 0.717) is 36.6 Å². The van der Waals surface area contributed by atoms with Gasteiger partial charge in [-0.15, -0.1) is 0 Å². The molecular formula is C34H46FN5O8S. The third-order valence-corrected chi connectivity index (χ3v) is 10.6. The van der Waals surface area contributed by atoms with Crippen LogP contribution in [-0.2, 0) is 14.8 Å². The molecule has 0 unspecified atom stereocenters. The van der Waals surface area contributed by atoms with Gasteiger partial charge in [-0.2, -0.15) is 4.31 Å². The molecule has 49 heavy (non-hydrogen) atoms. The summed E-state index contributed by atoms with van der Waals surface area (Å²) in [7, 11) is -2.50. The van der Waals surface area contributed by atoms with Crippen molar-refractivity contribution in [2.45, 2.75) is 77.0 Å². The monoisotopic (exact) mass is 703 g/mol. The van der Waals surface area contributed by atoms with E-state index in [4.69, 9.17) is 14.0 Å². The van der Waals surface area contributed by atoms with Crippen molar-refractivity contribution in [3.63, 3.8) is 0 Å². The number of anilines is 2. The molecule has 268 valence electrons. The van der Waals surface area contributed by atoms with Crippen LogP contribution in [0.15, 0.2) is 51.9 Å². The van der Waals surface area contributed by atoms with E-state index in [1.165, 1.54) is 46.6 Å². The normalized spacial score (nSPS) is 20.2. The molecule has 0 saturated carbocycles. The molecule has 3 amide bonds. The maximum atomic E-state index is 14.3. The second kappa shape index (κ2) is 16.6. The predicted octanol–water partition coefficient (Wildman–Crippen LogP) is 5.19. The Bertz CT molecular complexity index is 1680. The summed E-state index contributed by atoms with van der Waals surface area (Å²) in [6.45, 7) is 8.73. The number of aliphatic hydroxyl groups excluding tert-OH is 1. The lowest BCUT2D eigenvalue weighted by atomic mass is 10.0. The van der Waals surface area contributed by atoms with E-state index in [9.17, 15) is 27.5 Å². The maximum absolute atomic E-state index is 14.3. The van der Waals surface area contributed by atoms with Crippen molar-refractivity contribution in [2.75, 3.05) is 44.0 Å². The van der Waals surface area contributed by atoms with Crippen molar-refractivity contribution in [1.29, 1.82) is 0 Å². The smallest absolute Gasteiger partial charge is 0.323 e. The molecule has 4 atom stereocenters. The van der Waals surface area contributed by atoms with Crippen LogP contribution < -0.4 is 15.4 Å². The number of sulfonamides is 1. The Morgan fingerprint density at radius 1 is 1.12 bits per heavy atom. The van der Waals surface area contributed by atoms with Gasteiger partial charge in [0.15, 0.2) is 5.76 Å². The van der Waals surface area contributed by atoms with E-state index in [1.807, 2.05) is 13.8 Å². The van der Waals surface area contributed by atoms with E-state index < -0.39 is 39.9 Å². The van der Waals surface area contributed by atoms with Gasteiger partial charge in [0, 0.05) is 44.0 Å². The van der Waals surface area contributed by atoms with Crippen LogP contribution >= 0.6 is 0 Å². The second-order valence-corrected chi connectivity index (χ2v) is 14.5. The van der Waals surface area contributed by atoms with Crippen molar-refractivity contribution in [2.24, 2.45) is 5.92 Å². The molecule has 0 saturated heterocycles. The van der Waals surface area contributed by atoms with Crippen LogP contribution in [0.5, 0.6) is 5.75 Å². The Kier molecular flexibility index (Phi) is 12.8. The number of halogens is 1. The molecule has 15 heteroatoms. The van der Waals surface area contributed by atoms with Crippen LogP contribution in [-0.4, -0.2) is 91.4 Å². The van der Waals surface area contributed by atoms with Gasteiger partial charge in [0.05, 0.1) is 30.4 Å². The number of carbonyl (C=O) groups is 2. The Morgan fingerprint density at radius 2 is 1.80 bits per heavy atom. The molecule has 0 bridgehead atoms. The van der Waals surface area contributed by atoms with Crippen molar-refractivity contribution in [3.05, 3.63) is 65.3 Å². The summed E-state index contributed by atoms with van der Waals surface area (Å²) in [5.41, 5.74) is 1.12. The van der Waals surface area contributed by atoms with Crippen molar-refractivity contribution < 1.29 is 41.5 Å². The number of rotatable bonds is 8. The largest absolute Gasteiger partial charge is 0.490 e. The van der Waals surface area contributed by atoms with Crippen molar-refractivity contribution in [1.82, 2.24) is 14.4 Å². The van der Waals surface area contributed by atoms with Gasteiger partial charge in [-0.05, 0) is 89.4 Å². The molecule has 0 spiro atoms. The highest BCUT2D eigenvalue weighted by Gasteiger charge is 2.34. The van der Waals surface area contributed by atoms with Gasteiger partial charge in [-0.25, -0.2) is 17.6 Å². The number of fused-ring (bicyclic) bond motifs is 1. The highest BCUT2D eigenvalue weighted by atomic mass is 32.2. The number of nitrogens with zero attached hydrogens (tertiary/aromatic N) is 3. The van der Waals surface area contributed by atoms with Crippen LogP contribution in [0.3, 0.4) is 0 Å². The zero-order chi connectivity index (χ0) is 35.9. The summed E-state index contributed by atoms with van der Waals surface area (Å²) in [5, 5.41) is 19.3. The van der Waals surface area contributed by atoms with Crippen molar-refractivity contribution in [3.8, 4) is 5.75 Å². The Hall–Kier alpha value is -4.05. The summed E-state index contributed by atoms with van der Waals surface area (Å²) in [6.07, 6.45) is 1.25. The lowest BCUT2D eigenvalue weighted by Gasteiger charge is -2.35. The molecule has 2 aromatic carbocycles. The van der Waals surface area contributed by atoms with E-state index in [2.05, 4.69) is 15.8 Å². The van der Waals surface area contributed by atoms with Gasteiger partial charge in [0.1, 0.15) is 22.2 Å². The van der Waals surface area contributed by atoms with Crippen LogP contribution in [0.1, 0.15) is 61.8 Å². The van der Waals surface area contributed by atoms with Gasteiger partial charge < -0.3 is 34.6 Å². The molecule has 3 N–H and O–H groups in total. The molecule has 1 aromatic heterocycles. The topological polar surface area (TPSA) is 164 Å². The number of aliphatic hydroxyl groups is 1. The molecule has 3 aromatic rings. The van der Waals surface area contributed by atoms with Crippen molar-refractivity contribution >= 4 is 33.3 Å². The quantitative estimate of drug-likeness (QED) is 0.287. The van der Waals surface area contributed by atoms with Crippen LogP contribution in [0.25, 0.3) is 0 Å². The second-order valence-electron chi connectivity index (χ2n) is 12.5. The number of nitrogens with one attached hydrogen (secondary N) is 2. The first kappa shape index (κ1) is 37.8. The van der Waals surface area contributed by atoms with Gasteiger partial charge >= 0.3 is 6.03 Å². The SMILES string of the molecule is Cc1noc(C)c1S(=O)(=O)N(C)C[C@@H]1OCCCC[C@@H](C)Oc2ccc(NC(=O)Nc3ccc(F)cc3)cc2C(=O)N([C@@H](C)CO)C[C@@H]1C. The van der Waals surface area contributed by atoms with Crippen LogP contribution in [0, 0.1) is 25.6 Å². The summed E-state index contributed by atoms with van der Waals surface area (Å²) in [5.74, 6) is -0.762. The summed E-state index contributed by atoms with van der Waals surface area (Å²) >= 11 is 0. The fourth-order valence-corrected chi connectivity index (χ4v) is 7.11. The first-order chi connectivity index (χ1) is 23.2. The van der Waals surface area contributed by atoms with Crippen LogP contribution in [0.4, 0.5) is 20.6 Å². The Labute approximate surface area is 286 Å². The molecular weight excluding hydrogens is 657 g/mol. The highest BCUT2D eigenvalue weighted by molar-refractivity contribution is 7.89. The van der Waals surface area contributed by atoms with Gasteiger partial charge in [-0.3, -0.25) is 4.79 Å². The third-order valence-electron chi connectivity index (χ3n) is 8.48. The minimum Gasteiger partial charge on any atom is -0.490 e. The van der Waals surface area contributed by atoms with Gasteiger partial charge in [0.25, 0.3) is 5.91 Å². The molecule has 0 aliphatic carbocycles. The molecule has 0 radical (unpaired) electrons. The number of ether oxygens (including phenoxy) is 2. The Morgan fingerprint density at radius 3 is 2.45 bits per heavy atom. The lowest BCUT2D eigenvalue weighted by molar-refractivity contribution is -0.00835. The number of aromatic nitrogens is 1. The number of amides is 3. The number of hydrogen-bond acceptors (Lipinski definition) is 9. The lowest BCUT2D eigenvalue weighted by Crippen LogP contribution is -2.48. The van der Waals surface area contributed by atoms with E-state index in [0.717, 1.165) is 6.42 Å². The predicted molar refractivity (Wildman–Crippen MR) is 182 cm³/mol. The molecule has 1 aliphatic heterocycles. The number of aryl methyl sites for hydroxylation is 2. The van der Waals surface area contributed by atoms with E-state index in [1.54, 1.807) is 32.9 Å². The minimum absolute atomic E-state index is 0.00354. The molecule has 13 nitrogen and oxygen atoms in total.